The summed E-state index contributed by atoms with van der Waals surface area (Å²) in [6.07, 6.45) is 1.66. The molecule has 3 aromatic carbocycles. The van der Waals surface area contributed by atoms with Crippen LogP contribution < -0.4 is 24.2 Å². The molecule has 39 heavy (non-hydrogen) atoms. The average Bonchev–Trinajstić information content (AvgIpc) is 3.51. The number of carbonyl (C=O) groups excluding carboxylic acids is 2. The average molecular weight is 543 g/mol. The van der Waals surface area contributed by atoms with Gasteiger partial charge >= 0.3 is 5.69 Å². The maximum Gasteiger partial charge on any atom is 0.307 e. The van der Waals surface area contributed by atoms with Crippen LogP contribution in [0.2, 0.25) is 0 Å². The van der Waals surface area contributed by atoms with E-state index in [2.05, 4.69) is 10.3 Å². The van der Waals surface area contributed by atoms with Gasteiger partial charge in [0.25, 0.3) is 5.91 Å². The highest BCUT2D eigenvalue weighted by Crippen LogP contribution is 2.30. The number of ether oxygens (including phenoxy) is 2. The molecule has 10 nitrogen and oxygen atoms in total. The van der Waals surface area contributed by atoms with Gasteiger partial charge in [0.05, 0.1) is 30.9 Å². The Balaban J connectivity index is 1.43. The minimum Gasteiger partial charge on any atom is -0.539 e. The number of amidine groups is 1. The molecule has 0 saturated heterocycles. The van der Waals surface area contributed by atoms with Gasteiger partial charge in [-0.2, -0.15) is 0 Å². The summed E-state index contributed by atoms with van der Waals surface area (Å²) in [5, 5.41) is 16.4. The van der Waals surface area contributed by atoms with Crippen molar-refractivity contribution in [2.75, 3.05) is 24.9 Å². The molecule has 2 heterocycles. The fraction of sp³-hybridized carbons (Fsp3) is 0.107. The van der Waals surface area contributed by atoms with Crippen LogP contribution in [0, 0.1) is 0 Å². The number of benzene rings is 3. The normalized spacial score (nSPS) is 14.0. The number of rotatable bonds is 8. The lowest BCUT2D eigenvalue weighted by molar-refractivity contribution is -0.672. The van der Waals surface area contributed by atoms with Gasteiger partial charge in [-0.25, -0.2) is 4.99 Å². The lowest BCUT2D eigenvalue weighted by atomic mass is 10.2. The zero-order valence-corrected chi connectivity index (χ0v) is 21.8. The Morgan fingerprint density at radius 3 is 2.49 bits per heavy atom. The highest BCUT2D eigenvalue weighted by atomic mass is 32.2. The third-order valence-corrected chi connectivity index (χ3v) is 6.70. The molecule has 4 aromatic rings. The minimum absolute atomic E-state index is 0.186. The second-order valence-electron chi connectivity index (χ2n) is 8.21. The third kappa shape index (κ3) is 5.39. The Hall–Kier alpha value is -4.90. The first-order chi connectivity index (χ1) is 19.0. The van der Waals surface area contributed by atoms with Crippen molar-refractivity contribution in [2.24, 2.45) is 4.99 Å². The Morgan fingerprint density at radius 1 is 1.03 bits per heavy atom. The lowest BCUT2D eigenvalue weighted by Crippen LogP contribution is -2.39. The molecule has 0 radical (unpaired) electrons. The van der Waals surface area contributed by atoms with Crippen molar-refractivity contribution in [3.05, 3.63) is 95.8 Å². The quantitative estimate of drug-likeness (QED) is 0.189. The standard InChI is InChI=1S/C28H22N4O6S/c1-36-21-13-11-20(12-14-21)32-25(27(35)38-30-32)24(33)17-39-28-29-23(16-18-7-6-10-22(15-18)37-2)26(34)31(28)19-8-4-3-5-9-19/h3-16H,17H2,1-2H3/b23-16+. The number of thioether (sulfide) groups is 1. The Bertz CT molecular complexity index is 1580. The van der Waals surface area contributed by atoms with E-state index in [-0.39, 0.29) is 23.1 Å². The number of Topliss-reactive ketones (excluding diaryl/α,β-unsaturated/α-hetero) is 1. The van der Waals surface area contributed by atoms with Gasteiger partial charge in [0.2, 0.25) is 11.5 Å². The van der Waals surface area contributed by atoms with Gasteiger partial charge < -0.3 is 19.1 Å². The molecule has 1 aromatic heterocycles. The summed E-state index contributed by atoms with van der Waals surface area (Å²) in [6, 6.07) is 22.9. The first-order valence-electron chi connectivity index (χ1n) is 11.7. The van der Waals surface area contributed by atoms with Gasteiger partial charge in [-0.15, -0.1) is 0 Å². The van der Waals surface area contributed by atoms with E-state index in [1.54, 1.807) is 73.8 Å². The van der Waals surface area contributed by atoms with E-state index in [9.17, 15) is 14.7 Å². The van der Waals surface area contributed by atoms with Gasteiger partial charge in [-0.1, -0.05) is 42.1 Å². The number of methoxy groups -OCH3 is 2. The highest BCUT2D eigenvalue weighted by molar-refractivity contribution is 8.14. The van der Waals surface area contributed by atoms with E-state index in [0.29, 0.717) is 28.0 Å². The number of hydrogen-bond donors (Lipinski definition) is 0. The number of aromatic nitrogens is 2. The molecule has 1 aliphatic rings. The molecule has 0 bridgehead atoms. The maximum absolute atomic E-state index is 13.4. The van der Waals surface area contributed by atoms with Gasteiger partial charge in [-0.3, -0.25) is 14.5 Å². The molecule has 11 heteroatoms. The number of hydrogen-bond acceptors (Lipinski definition) is 9. The Kier molecular flexibility index (Phi) is 7.41. The first kappa shape index (κ1) is 25.7. The second kappa shape index (κ2) is 11.2. The van der Waals surface area contributed by atoms with Crippen LogP contribution in [-0.4, -0.2) is 42.1 Å². The highest BCUT2D eigenvalue weighted by Gasteiger charge is 2.34. The predicted molar refractivity (Wildman–Crippen MR) is 143 cm³/mol. The maximum atomic E-state index is 13.4. The summed E-state index contributed by atoms with van der Waals surface area (Å²) in [5.74, 6) is -0.673. The number of amides is 1. The van der Waals surface area contributed by atoms with Crippen LogP contribution in [0.5, 0.6) is 17.4 Å². The molecule has 0 aliphatic carbocycles. The molecule has 0 saturated carbocycles. The largest absolute Gasteiger partial charge is 0.539 e. The smallest absolute Gasteiger partial charge is 0.307 e. The predicted octanol–water partition coefficient (Wildman–Crippen LogP) is 3.40. The van der Waals surface area contributed by atoms with Gasteiger partial charge in [0.15, 0.2) is 11.1 Å². The van der Waals surface area contributed by atoms with E-state index < -0.39 is 11.7 Å². The van der Waals surface area contributed by atoms with E-state index in [0.717, 1.165) is 22.0 Å². The Labute approximate surface area is 227 Å². The van der Waals surface area contributed by atoms with E-state index in [1.807, 2.05) is 18.2 Å². The monoisotopic (exact) mass is 542 g/mol. The first-order valence-corrected chi connectivity index (χ1v) is 12.7. The fourth-order valence-electron chi connectivity index (χ4n) is 3.87. The molecule has 0 atom stereocenters. The van der Waals surface area contributed by atoms with Crippen molar-refractivity contribution in [1.29, 1.82) is 0 Å². The van der Waals surface area contributed by atoms with Gasteiger partial charge in [0, 0.05) is 12.1 Å². The van der Waals surface area contributed by atoms with E-state index in [4.69, 9.17) is 14.0 Å². The van der Waals surface area contributed by atoms with Crippen molar-refractivity contribution in [3.63, 3.8) is 0 Å². The molecule has 196 valence electrons. The molecule has 0 N–H and O–H groups in total. The number of ketones is 1. The van der Waals surface area contributed by atoms with Crippen LogP contribution >= 0.6 is 11.8 Å². The van der Waals surface area contributed by atoms with Crippen molar-refractivity contribution in [3.8, 4) is 23.1 Å². The topological polar surface area (TPSA) is 121 Å². The number of para-hydroxylation sites is 1. The molecular weight excluding hydrogens is 520 g/mol. The number of aliphatic imine (C=N–C) groups is 1. The van der Waals surface area contributed by atoms with Crippen LogP contribution in [0.1, 0.15) is 16.1 Å². The summed E-state index contributed by atoms with van der Waals surface area (Å²) >= 11 is 1.04. The second-order valence-corrected chi connectivity index (χ2v) is 9.15. The Morgan fingerprint density at radius 2 is 1.77 bits per heavy atom. The van der Waals surface area contributed by atoms with Crippen molar-refractivity contribution >= 4 is 40.4 Å². The SMILES string of the molecule is COc1ccc(-[n+]2noc([O-])c2C(=O)CSC2=N/C(=C/c3cccc(OC)c3)C(=O)N2c2ccccc2)cc1. The van der Waals surface area contributed by atoms with Crippen LogP contribution in [0.25, 0.3) is 11.8 Å². The van der Waals surface area contributed by atoms with Crippen molar-refractivity contribution in [2.45, 2.75) is 0 Å². The molecule has 0 spiro atoms. The van der Waals surface area contributed by atoms with Crippen LogP contribution in [0.3, 0.4) is 0 Å². The number of nitrogens with zero attached hydrogens (tertiary/aromatic N) is 4. The van der Waals surface area contributed by atoms with Crippen molar-refractivity contribution < 1.29 is 33.4 Å². The minimum atomic E-state index is -0.862. The van der Waals surface area contributed by atoms with Crippen LogP contribution in [-0.2, 0) is 4.79 Å². The molecule has 1 amide bonds. The van der Waals surface area contributed by atoms with Gasteiger partial charge in [0.1, 0.15) is 17.2 Å². The zero-order chi connectivity index (χ0) is 27.4. The number of anilines is 1. The summed E-state index contributed by atoms with van der Waals surface area (Å²) < 4.78 is 16.4. The molecule has 1 aliphatic heterocycles. The summed E-state index contributed by atoms with van der Waals surface area (Å²) in [4.78, 5) is 32.6. The third-order valence-electron chi connectivity index (χ3n) is 5.77. The molecule has 0 unspecified atom stereocenters. The van der Waals surface area contributed by atoms with E-state index >= 15 is 0 Å². The van der Waals surface area contributed by atoms with Crippen LogP contribution in [0.15, 0.2) is 94.1 Å². The number of carbonyl (C=O) groups is 2. The van der Waals surface area contributed by atoms with Crippen LogP contribution in [0.4, 0.5) is 5.69 Å². The summed E-state index contributed by atoms with van der Waals surface area (Å²) in [6.45, 7) is 0. The molecule has 0 fully saturated rings. The summed E-state index contributed by atoms with van der Waals surface area (Å²) in [7, 11) is 3.10. The van der Waals surface area contributed by atoms with Gasteiger partial charge in [-0.05, 0) is 52.7 Å². The van der Waals surface area contributed by atoms with Crippen molar-refractivity contribution in [1.82, 2.24) is 5.27 Å². The zero-order valence-electron chi connectivity index (χ0n) is 20.9. The summed E-state index contributed by atoms with van der Waals surface area (Å²) in [5.41, 5.74) is 1.74. The molecule has 5 rings (SSSR count). The molecular formula is C28H22N4O6S. The fourth-order valence-corrected chi connectivity index (χ4v) is 4.74. The lowest BCUT2D eigenvalue weighted by Gasteiger charge is -2.17. The van der Waals surface area contributed by atoms with E-state index in [1.165, 1.54) is 12.0 Å².